The van der Waals surface area contributed by atoms with Crippen LogP contribution in [0.3, 0.4) is 0 Å². The molecule has 1 fully saturated rings. The molecule has 0 spiro atoms. The van der Waals surface area contributed by atoms with E-state index in [9.17, 15) is 14.0 Å². The Kier molecular flexibility index (Phi) is 7.08. The lowest BCUT2D eigenvalue weighted by molar-refractivity contribution is -0.115. The second-order valence-electron chi connectivity index (χ2n) is 7.43. The van der Waals surface area contributed by atoms with E-state index in [0.717, 1.165) is 19.4 Å². The van der Waals surface area contributed by atoms with Crippen LogP contribution in [0.15, 0.2) is 53.9 Å². The molecule has 0 radical (unpaired) electrons. The summed E-state index contributed by atoms with van der Waals surface area (Å²) in [5.41, 5.74) is 2.53. The Morgan fingerprint density at radius 1 is 1.12 bits per heavy atom. The van der Waals surface area contributed by atoms with Gasteiger partial charge in [0.1, 0.15) is 10.8 Å². The molecule has 32 heavy (non-hydrogen) atoms. The maximum absolute atomic E-state index is 13.4. The molecule has 1 saturated heterocycles. The lowest BCUT2D eigenvalue weighted by Gasteiger charge is -2.12. The second kappa shape index (κ2) is 10.3. The summed E-state index contributed by atoms with van der Waals surface area (Å²) < 4.78 is 18.9. The number of carbonyl (C=O) groups excluding carboxylic acids is 2. The highest BCUT2D eigenvalue weighted by molar-refractivity contribution is 7.13. The van der Waals surface area contributed by atoms with Crippen molar-refractivity contribution >= 4 is 34.6 Å². The zero-order valence-electron chi connectivity index (χ0n) is 17.3. The molecule has 0 saturated carbocycles. The second-order valence-corrected chi connectivity index (χ2v) is 8.28. The molecule has 3 N–H and O–H groups in total. The highest BCUT2D eigenvalue weighted by atomic mass is 32.1. The molecule has 2 aromatic carbocycles. The van der Waals surface area contributed by atoms with Crippen molar-refractivity contribution in [1.82, 2.24) is 10.3 Å². The molecule has 166 valence electrons. The molecule has 1 aliphatic rings. The van der Waals surface area contributed by atoms with E-state index < -0.39 is 0 Å². The molecule has 3 amide bonds. The minimum atomic E-state index is -0.324. The quantitative estimate of drug-likeness (QED) is 0.492. The van der Waals surface area contributed by atoms with Gasteiger partial charge in [-0.3, -0.25) is 4.79 Å². The first-order chi connectivity index (χ1) is 15.5. The van der Waals surface area contributed by atoms with Gasteiger partial charge in [-0.15, -0.1) is 11.3 Å². The fourth-order valence-corrected chi connectivity index (χ4v) is 4.15. The third-order valence-electron chi connectivity index (χ3n) is 4.91. The zero-order valence-corrected chi connectivity index (χ0v) is 18.1. The smallest absolute Gasteiger partial charge is 0.319 e. The van der Waals surface area contributed by atoms with E-state index >= 15 is 0 Å². The molecule has 9 heteroatoms. The summed E-state index contributed by atoms with van der Waals surface area (Å²) in [6.07, 6.45) is 2.18. The lowest BCUT2D eigenvalue weighted by atomic mass is 10.2. The molecular weight excluding hydrogens is 431 g/mol. The normalized spacial score (nSPS) is 15.3. The predicted molar refractivity (Wildman–Crippen MR) is 122 cm³/mol. The van der Waals surface area contributed by atoms with Crippen molar-refractivity contribution in [3.63, 3.8) is 0 Å². The molecule has 2 heterocycles. The lowest BCUT2D eigenvalue weighted by Crippen LogP contribution is -2.35. The fourth-order valence-electron chi connectivity index (χ4n) is 3.34. The van der Waals surface area contributed by atoms with Gasteiger partial charge in [-0.1, -0.05) is 12.1 Å². The van der Waals surface area contributed by atoms with E-state index in [1.807, 2.05) is 0 Å². The highest BCUT2D eigenvalue weighted by Crippen LogP contribution is 2.24. The van der Waals surface area contributed by atoms with E-state index in [4.69, 9.17) is 4.74 Å². The first-order valence-electron chi connectivity index (χ1n) is 10.3. The molecule has 1 aromatic heterocycles. The van der Waals surface area contributed by atoms with Gasteiger partial charge in [0.2, 0.25) is 5.91 Å². The van der Waals surface area contributed by atoms with Crippen LogP contribution in [-0.2, 0) is 16.0 Å². The topological polar surface area (TPSA) is 92.4 Å². The van der Waals surface area contributed by atoms with E-state index in [2.05, 4.69) is 20.9 Å². The van der Waals surface area contributed by atoms with Crippen LogP contribution < -0.4 is 16.0 Å². The molecule has 0 bridgehead atoms. The van der Waals surface area contributed by atoms with Gasteiger partial charge >= 0.3 is 6.03 Å². The van der Waals surface area contributed by atoms with Crippen LogP contribution in [0.2, 0.25) is 0 Å². The van der Waals surface area contributed by atoms with Crippen molar-refractivity contribution < 1.29 is 18.7 Å². The molecular formula is C23H23FN4O3S. The average molecular weight is 455 g/mol. The average Bonchev–Trinajstić information content (AvgIpc) is 3.46. The van der Waals surface area contributed by atoms with Gasteiger partial charge < -0.3 is 20.7 Å². The number of thiazole rings is 1. The number of benzene rings is 2. The summed E-state index contributed by atoms with van der Waals surface area (Å²) in [7, 11) is 0. The number of ether oxygens (including phenoxy) is 1. The van der Waals surface area contributed by atoms with Gasteiger partial charge in [0.15, 0.2) is 0 Å². The Balaban J connectivity index is 1.25. The number of aromatic nitrogens is 1. The maximum Gasteiger partial charge on any atom is 0.319 e. The van der Waals surface area contributed by atoms with Gasteiger partial charge in [-0.2, -0.15) is 0 Å². The molecule has 1 unspecified atom stereocenters. The van der Waals surface area contributed by atoms with Crippen molar-refractivity contribution in [2.75, 3.05) is 23.8 Å². The van der Waals surface area contributed by atoms with Crippen LogP contribution in [0, 0.1) is 5.82 Å². The van der Waals surface area contributed by atoms with Crippen molar-refractivity contribution in [2.24, 2.45) is 0 Å². The van der Waals surface area contributed by atoms with Gasteiger partial charge in [0.25, 0.3) is 0 Å². The number of hydrogen-bond acceptors (Lipinski definition) is 5. The highest BCUT2D eigenvalue weighted by Gasteiger charge is 2.16. The van der Waals surface area contributed by atoms with Crippen LogP contribution in [0.4, 0.5) is 20.6 Å². The number of carbonyl (C=O) groups is 2. The summed E-state index contributed by atoms with van der Waals surface area (Å²) in [5, 5.41) is 10.8. The van der Waals surface area contributed by atoms with E-state index in [1.165, 1.54) is 23.5 Å². The van der Waals surface area contributed by atoms with E-state index in [1.54, 1.807) is 41.8 Å². The van der Waals surface area contributed by atoms with Gasteiger partial charge in [0.05, 0.1) is 18.2 Å². The Labute approximate surface area is 189 Å². The number of hydrogen-bond donors (Lipinski definition) is 3. The van der Waals surface area contributed by atoms with Crippen LogP contribution in [-0.4, -0.2) is 36.2 Å². The van der Waals surface area contributed by atoms with Crippen molar-refractivity contribution in [2.45, 2.75) is 25.4 Å². The fraction of sp³-hybridized carbons (Fsp3) is 0.261. The third kappa shape index (κ3) is 6.12. The first kappa shape index (κ1) is 21.9. The van der Waals surface area contributed by atoms with E-state index in [-0.39, 0.29) is 30.3 Å². The minimum absolute atomic E-state index is 0.0843. The number of rotatable bonds is 7. The molecule has 3 aromatic rings. The van der Waals surface area contributed by atoms with E-state index in [0.29, 0.717) is 34.2 Å². The summed E-state index contributed by atoms with van der Waals surface area (Å²) in [4.78, 5) is 28.8. The Hall–Kier alpha value is -3.30. The standard InChI is InChI=1S/C23H23FN4O3S/c24-16-4-1-3-15(11-16)22-27-19(14-32-22)12-21(29)26-17-6-8-18(9-7-17)28-23(30)25-13-20-5-2-10-31-20/h1,3-4,6-9,11,14,20H,2,5,10,12-13H2,(H,26,29)(H2,25,28,30). The molecule has 1 atom stereocenters. The van der Waals surface area contributed by atoms with Crippen LogP contribution >= 0.6 is 11.3 Å². The first-order valence-corrected chi connectivity index (χ1v) is 11.2. The minimum Gasteiger partial charge on any atom is -0.376 e. The molecule has 1 aliphatic heterocycles. The zero-order chi connectivity index (χ0) is 22.3. The third-order valence-corrected chi connectivity index (χ3v) is 5.85. The molecule has 4 rings (SSSR count). The Morgan fingerprint density at radius 3 is 2.62 bits per heavy atom. The summed E-state index contributed by atoms with van der Waals surface area (Å²) >= 11 is 1.37. The molecule has 0 aliphatic carbocycles. The summed E-state index contributed by atoms with van der Waals surface area (Å²) in [6, 6.07) is 12.8. The Morgan fingerprint density at radius 2 is 1.91 bits per heavy atom. The van der Waals surface area contributed by atoms with Crippen molar-refractivity contribution in [1.29, 1.82) is 0 Å². The van der Waals surface area contributed by atoms with Gasteiger partial charge in [0, 0.05) is 35.5 Å². The number of anilines is 2. The molecule has 7 nitrogen and oxygen atoms in total. The van der Waals surface area contributed by atoms with Crippen LogP contribution in [0.25, 0.3) is 10.6 Å². The SMILES string of the molecule is O=C(Cc1csc(-c2cccc(F)c2)n1)Nc1ccc(NC(=O)NCC2CCCO2)cc1. The number of nitrogens with one attached hydrogen (secondary N) is 3. The van der Waals surface area contributed by atoms with Gasteiger partial charge in [-0.05, 0) is 49.2 Å². The summed E-state index contributed by atoms with van der Waals surface area (Å²) in [5.74, 6) is -0.536. The number of halogens is 1. The van der Waals surface area contributed by atoms with Crippen molar-refractivity contribution in [3.05, 3.63) is 65.4 Å². The van der Waals surface area contributed by atoms with Gasteiger partial charge in [-0.25, -0.2) is 14.2 Å². The number of nitrogens with zero attached hydrogens (tertiary/aromatic N) is 1. The largest absolute Gasteiger partial charge is 0.376 e. The summed E-state index contributed by atoms with van der Waals surface area (Å²) in [6.45, 7) is 1.23. The maximum atomic E-state index is 13.4. The van der Waals surface area contributed by atoms with Crippen LogP contribution in [0.5, 0.6) is 0 Å². The number of amides is 3. The predicted octanol–water partition coefficient (Wildman–Crippen LogP) is 4.43. The Bertz CT molecular complexity index is 1080. The number of urea groups is 1. The monoisotopic (exact) mass is 454 g/mol. The van der Waals surface area contributed by atoms with Crippen molar-refractivity contribution in [3.8, 4) is 10.6 Å². The van der Waals surface area contributed by atoms with Crippen LogP contribution in [0.1, 0.15) is 18.5 Å².